The Labute approximate surface area is 131 Å². The van der Waals surface area contributed by atoms with Gasteiger partial charge in [0.25, 0.3) is 0 Å². The molecule has 0 aromatic carbocycles. The normalized spacial score (nSPS) is 18.3. The summed E-state index contributed by atoms with van der Waals surface area (Å²) in [7, 11) is 0. The minimum absolute atomic E-state index is 0.0631. The van der Waals surface area contributed by atoms with Crippen molar-refractivity contribution in [2.75, 3.05) is 6.54 Å². The number of likely N-dealkylation sites (tertiary alicyclic amines) is 1. The number of hydrogen-bond acceptors (Lipinski definition) is 4. The number of amides is 1. The smallest absolute Gasteiger partial charge is 0.350 e. The topological polar surface area (TPSA) is 96.9 Å². The van der Waals surface area contributed by atoms with Gasteiger partial charge in [0.15, 0.2) is 5.65 Å². The fourth-order valence-electron chi connectivity index (χ4n) is 2.95. The van der Waals surface area contributed by atoms with E-state index >= 15 is 0 Å². The van der Waals surface area contributed by atoms with Crippen molar-refractivity contribution >= 4 is 17.5 Å². The number of hydrogen-bond donors (Lipinski definition) is 1. The first-order chi connectivity index (χ1) is 11.1. The summed E-state index contributed by atoms with van der Waals surface area (Å²) in [6, 6.07) is 4.47. The molecule has 122 valence electrons. The molecule has 1 atom stereocenters. The minimum Gasteiger partial charge on any atom is -0.480 e. The number of aliphatic carboxylic acids is 1. The average molecular weight is 318 g/mol. The van der Waals surface area contributed by atoms with E-state index in [0.717, 1.165) is 12.8 Å². The largest absolute Gasteiger partial charge is 0.480 e. The van der Waals surface area contributed by atoms with Gasteiger partial charge in [0, 0.05) is 19.2 Å². The van der Waals surface area contributed by atoms with E-state index in [-0.39, 0.29) is 24.6 Å². The van der Waals surface area contributed by atoms with Gasteiger partial charge in [-0.3, -0.25) is 9.20 Å². The molecule has 1 aliphatic heterocycles. The Morgan fingerprint density at radius 3 is 2.87 bits per heavy atom. The van der Waals surface area contributed by atoms with Crippen LogP contribution in [0.5, 0.6) is 0 Å². The highest BCUT2D eigenvalue weighted by molar-refractivity contribution is 5.83. The van der Waals surface area contributed by atoms with Crippen LogP contribution in [-0.4, -0.2) is 48.7 Å². The third-order valence-corrected chi connectivity index (χ3v) is 4.13. The molecular formula is C15H18N4O4. The number of carboxylic acids is 1. The van der Waals surface area contributed by atoms with Gasteiger partial charge in [0.05, 0.1) is 6.54 Å². The maximum Gasteiger partial charge on any atom is 0.350 e. The number of pyridine rings is 1. The SMILES string of the molecule is O=C(O)[C@@H]1CCCCN1C(=O)CCn1nc2ccccn2c1=O. The molecule has 0 aliphatic carbocycles. The van der Waals surface area contributed by atoms with Crippen molar-refractivity contribution in [1.82, 2.24) is 19.1 Å². The van der Waals surface area contributed by atoms with Crippen LogP contribution in [0.4, 0.5) is 0 Å². The van der Waals surface area contributed by atoms with Crippen LogP contribution in [0.1, 0.15) is 25.7 Å². The fourth-order valence-corrected chi connectivity index (χ4v) is 2.95. The Morgan fingerprint density at radius 1 is 1.30 bits per heavy atom. The van der Waals surface area contributed by atoms with Gasteiger partial charge in [-0.1, -0.05) is 6.07 Å². The van der Waals surface area contributed by atoms with Crippen molar-refractivity contribution in [3.63, 3.8) is 0 Å². The highest BCUT2D eigenvalue weighted by Crippen LogP contribution is 2.18. The summed E-state index contributed by atoms with van der Waals surface area (Å²) >= 11 is 0. The molecule has 0 bridgehead atoms. The van der Waals surface area contributed by atoms with E-state index in [0.29, 0.717) is 18.6 Å². The second-order valence-electron chi connectivity index (χ2n) is 5.62. The number of piperidine rings is 1. The summed E-state index contributed by atoms with van der Waals surface area (Å²) in [5.74, 6) is -1.22. The van der Waals surface area contributed by atoms with Crippen LogP contribution in [-0.2, 0) is 16.1 Å². The Kier molecular flexibility index (Phi) is 4.14. The van der Waals surface area contributed by atoms with Gasteiger partial charge >= 0.3 is 11.7 Å². The second-order valence-corrected chi connectivity index (χ2v) is 5.62. The van der Waals surface area contributed by atoms with Crippen molar-refractivity contribution in [1.29, 1.82) is 0 Å². The van der Waals surface area contributed by atoms with Gasteiger partial charge < -0.3 is 10.0 Å². The van der Waals surface area contributed by atoms with E-state index in [1.54, 1.807) is 24.4 Å². The van der Waals surface area contributed by atoms with Crippen LogP contribution >= 0.6 is 0 Å². The second kappa shape index (κ2) is 6.23. The summed E-state index contributed by atoms with van der Waals surface area (Å²) < 4.78 is 2.65. The lowest BCUT2D eigenvalue weighted by Crippen LogP contribution is -2.48. The molecule has 1 fully saturated rings. The molecule has 8 nitrogen and oxygen atoms in total. The summed E-state index contributed by atoms with van der Waals surface area (Å²) in [4.78, 5) is 37.1. The molecule has 1 saturated heterocycles. The third kappa shape index (κ3) is 2.96. The van der Waals surface area contributed by atoms with Crippen molar-refractivity contribution < 1.29 is 14.7 Å². The van der Waals surface area contributed by atoms with E-state index in [2.05, 4.69) is 5.10 Å². The van der Waals surface area contributed by atoms with Crippen LogP contribution in [0.25, 0.3) is 5.65 Å². The molecular weight excluding hydrogens is 300 g/mol. The number of carbonyl (C=O) groups excluding carboxylic acids is 1. The first-order valence-corrected chi connectivity index (χ1v) is 7.64. The van der Waals surface area contributed by atoms with E-state index in [9.17, 15) is 19.5 Å². The number of aryl methyl sites for hydroxylation is 1. The summed E-state index contributed by atoms with van der Waals surface area (Å²) in [6.45, 7) is 0.595. The number of rotatable bonds is 4. The van der Waals surface area contributed by atoms with Gasteiger partial charge in [0.1, 0.15) is 6.04 Å². The Morgan fingerprint density at radius 2 is 2.13 bits per heavy atom. The van der Waals surface area contributed by atoms with E-state index < -0.39 is 12.0 Å². The van der Waals surface area contributed by atoms with Gasteiger partial charge in [0.2, 0.25) is 5.91 Å². The minimum atomic E-state index is -0.969. The lowest BCUT2D eigenvalue weighted by Gasteiger charge is -2.33. The molecule has 0 unspecified atom stereocenters. The summed E-state index contributed by atoms with van der Waals surface area (Å²) in [5, 5.41) is 13.4. The van der Waals surface area contributed by atoms with E-state index in [1.165, 1.54) is 14.0 Å². The van der Waals surface area contributed by atoms with Crippen molar-refractivity contribution in [3.8, 4) is 0 Å². The third-order valence-electron chi connectivity index (χ3n) is 4.13. The molecule has 2 aromatic heterocycles. The van der Waals surface area contributed by atoms with Crippen LogP contribution < -0.4 is 5.69 Å². The van der Waals surface area contributed by atoms with Gasteiger partial charge in [-0.15, -0.1) is 5.10 Å². The average Bonchev–Trinajstić information content (AvgIpc) is 2.89. The summed E-state index contributed by atoms with van der Waals surface area (Å²) in [6.07, 6.45) is 3.79. The first-order valence-electron chi connectivity index (χ1n) is 7.64. The lowest BCUT2D eigenvalue weighted by molar-refractivity contribution is -0.152. The first kappa shape index (κ1) is 15.3. The fraction of sp³-hybridized carbons (Fsp3) is 0.467. The van der Waals surface area contributed by atoms with Crippen molar-refractivity contribution in [2.45, 2.75) is 38.3 Å². The number of carbonyl (C=O) groups is 2. The molecule has 3 rings (SSSR count). The van der Waals surface area contributed by atoms with Crippen LogP contribution in [0.15, 0.2) is 29.2 Å². The van der Waals surface area contributed by atoms with Gasteiger partial charge in [-0.05, 0) is 31.4 Å². The maximum absolute atomic E-state index is 12.3. The molecule has 1 amide bonds. The maximum atomic E-state index is 12.3. The molecule has 1 N–H and O–H groups in total. The molecule has 0 radical (unpaired) electrons. The van der Waals surface area contributed by atoms with E-state index in [1.807, 2.05) is 0 Å². The zero-order chi connectivity index (χ0) is 16.4. The number of nitrogens with zero attached hydrogens (tertiary/aromatic N) is 4. The Hall–Kier alpha value is -2.64. The quantitative estimate of drug-likeness (QED) is 0.877. The predicted octanol–water partition coefficient (Wildman–Crippen LogP) is 0.352. The van der Waals surface area contributed by atoms with Crippen LogP contribution in [0.2, 0.25) is 0 Å². The van der Waals surface area contributed by atoms with E-state index in [4.69, 9.17) is 0 Å². The van der Waals surface area contributed by atoms with Gasteiger partial charge in [-0.2, -0.15) is 0 Å². The molecule has 0 spiro atoms. The number of aromatic nitrogens is 3. The highest BCUT2D eigenvalue weighted by atomic mass is 16.4. The Balaban J connectivity index is 1.71. The zero-order valence-electron chi connectivity index (χ0n) is 12.6. The monoisotopic (exact) mass is 318 g/mol. The summed E-state index contributed by atoms with van der Waals surface area (Å²) in [5.41, 5.74) is 0.216. The highest BCUT2D eigenvalue weighted by Gasteiger charge is 2.31. The van der Waals surface area contributed by atoms with Crippen molar-refractivity contribution in [2.24, 2.45) is 0 Å². The number of fused-ring (bicyclic) bond motifs is 1. The molecule has 3 heterocycles. The number of carboxylic acid groups (broad SMARTS) is 1. The zero-order valence-corrected chi connectivity index (χ0v) is 12.6. The van der Waals surface area contributed by atoms with Gasteiger partial charge in [-0.25, -0.2) is 14.3 Å². The standard InChI is InChI=1S/C15H18N4O4/c20-13(17-8-3-1-5-11(17)14(21)22)7-10-19-15(23)18-9-4-2-6-12(18)16-19/h2,4,6,9,11H,1,3,5,7-8,10H2,(H,21,22)/t11-/m0/s1. The van der Waals surface area contributed by atoms with Crippen LogP contribution in [0.3, 0.4) is 0 Å². The molecule has 1 aliphatic rings. The van der Waals surface area contributed by atoms with Crippen LogP contribution in [0, 0.1) is 0 Å². The lowest BCUT2D eigenvalue weighted by atomic mass is 10.0. The molecule has 23 heavy (non-hydrogen) atoms. The molecule has 2 aromatic rings. The molecule has 8 heteroatoms. The Bertz CT molecular complexity index is 794. The van der Waals surface area contributed by atoms with Crippen molar-refractivity contribution in [3.05, 3.63) is 34.9 Å². The predicted molar refractivity (Wildman–Crippen MR) is 81.1 cm³/mol. The molecule has 0 saturated carbocycles.